The molecule has 1 heterocycles. The number of carboxylic acids is 1. The van der Waals surface area contributed by atoms with Crippen LogP contribution in [0.25, 0.3) is 6.08 Å². The Labute approximate surface area is 182 Å². The smallest absolute Gasteiger partial charge is 0.310 e. The predicted molar refractivity (Wildman–Crippen MR) is 126 cm³/mol. The molecule has 0 aliphatic heterocycles. The van der Waals surface area contributed by atoms with Gasteiger partial charge in [-0.2, -0.15) is 0 Å². The van der Waals surface area contributed by atoms with E-state index in [1.165, 1.54) is 0 Å². The summed E-state index contributed by atoms with van der Waals surface area (Å²) in [4.78, 5) is 16.2. The highest BCUT2D eigenvalue weighted by atomic mass is 28.4. The van der Waals surface area contributed by atoms with E-state index in [0.717, 1.165) is 17.5 Å². The lowest BCUT2D eigenvalue weighted by molar-refractivity contribution is -0.139. The Kier molecular flexibility index (Phi) is 8.56. The fraction of sp³-hybridized carbons (Fsp3) is 0.440. The fourth-order valence-electron chi connectivity index (χ4n) is 3.04. The average Bonchev–Trinajstić information content (AvgIpc) is 2.70. The molecule has 2 aromatic rings. The van der Waals surface area contributed by atoms with Gasteiger partial charge in [0, 0.05) is 19.0 Å². The average molecular weight is 426 g/mol. The van der Waals surface area contributed by atoms with E-state index in [1.54, 1.807) is 6.20 Å². The second-order valence-corrected chi connectivity index (χ2v) is 14.2. The first-order valence-corrected chi connectivity index (χ1v) is 13.5. The van der Waals surface area contributed by atoms with E-state index in [4.69, 9.17) is 4.43 Å². The lowest BCUT2D eigenvalue weighted by Gasteiger charge is -2.37. The van der Waals surface area contributed by atoms with Crippen molar-refractivity contribution in [3.63, 3.8) is 0 Å². The van der Waals surface area contributed by atoms with Crippen LogP contribution in [0.2, 0.25) is 18.1 Å². The number of benzene rings is 1. The molecule has 162 valence electrons. The van der Waals surface area contributed by atoms with Crippen LogP contribution in [0.15, 0.2) is 60.9 Å². The molecule has 2 atom stereocenters. The summed E-state index contributed by atoms with van der Waals surface area (Å²) < 4.78 is 6.48. The van der Waals surface area contributed by atoms with Gasteiger partial charge in [0.1, 0.15) is 0 Å². The molecule has 0 radical (unpaired) electrons. The van der Waals surface area contributed by atoms with Gasteiger partial charge in [-0.3, -0.25) is 9.78 Å². The molecule has 5 heteroatoms. The number of carboxylic acid groups (broad SMARTS) is 1. The number of rotatable bonds is 10. The van der Waals surface area contributed by atoms with E-state index in [0.29, 0.717) is 13.0 Å². The van der Waals surface area contributed by atoms with Gasteiger partial charge in [0.05, 0.1) is 5.92 Å². The summed E-state index contributed by atoms with van der Waals surface area (Å²) >= 11 is 0. The molecule has 2 unspecified atom stereocenters. The molecule has 2 rings (SSSR count). The largest absolute Gasteiger partial charge is 0.481 e. The first-order valence-electron chi connectivity index (χ1n) is 10.6. The lowest BCUT2D eigenvalue weighted by atomic mass is 9.87. The Balaban J connectivity index is 2.16. The molecule has 30 heavy (non-hydrogen) atoms. The molecule has 0 fully saturated rings. The molecule has 0 amide bonds. The number of pyridine rings is 1. The maximum atomic E-state index is 12.0. The van der Waals surface area contributed by atoms with Crippen molar-refractivity contribution in [3.8, 4) is 0 Å². The first-order chi connectivity index (χ1) is 14.1. The normalized spacial score (nSPS) is 14.6. The summed E-state index contributed by atoms with van der Waals surface area (Å²) in [6.07, 6.45) is 9.04. The Morgan fingerprint density at radius 3 is 2.43 bits per heavy atom. The summed E-state index contributed by atoms with van der Waals surface area (Å²) in [5, 5.41) is 10.00. The van der Waals surface area contributed by atoms with Crippen LogP contribution in [-0.4, -0.2) is 31.0 Å². The van der Waals surface area contributed by atoms with Gasteiger partial charge in [-0.05, 0) is 54.1 Å². The third-order valence-corrected chi connectivity index (χ3v) is 10.5. The van der Waals surface area contributed by atoms with Gasteiger partial charge >= 0.3 is 5.97 Å². The van der Waals surface area contributed by atoms with Crippen molar-refractivity contribution in [2.75, 3.05) is 6.61 Å². The first kappa shape index (κ1) is 24.0. The second-order valence-electron chi connectivity index (χ2n) is 9.40. The monoisotopic (exact) mass is 425 g/mol. The minimum Gasteiger partial charge on any atom is -0.481 e. The number of carbonyl (C=O) groups is 1. The number of aliphatic carboxylic acids is 1. The molecule has 4 nitrogen and oxygen atoms in total. The van der Waals surface area contributed by atoms with Crippen LogP contribution in [0.4, 0.5) is 0 Å². The highest BCUT2D eigenvalue weighted by Gasteiger charge is 2.37. The summed E-state index contributed by atoms with van der Waals surface area (Å²) in [6.45, 7) is 11.7. The van der Waals surface area contributed by atoms with Gasteiger partial charge in [0.25, 0.3) is 0 Å². The van der Waals surface area contributed by atoms with Crippen molar-refractivity contribution in [2.24, 2.45) is 5.92 Å². The number of hydrogen-bond acceptors (Lipinski definition) is 3. The minimum atomic E-state index is -1.91. The number of allylic oxidation sites excluding steroid dienone is 1. The Bertz CT molecular complexity index is 813. The molecular formula is C25H35NO3Si. The Morgan fingerprint density at radius 1 is 1.17 bits per heavy atom. The van der Waals surface area contributed by atoms with Crippen LogP contribution in [0, 0.1) is 5.92 Å². The second kappa shape index (κ2) is 10.7. The van der Waals surface area contributed by atoms with Gasteiger partial charge in [-0.25, -0.2) is 0 Å². The van der Waals surface area contributed by atoms with Gasteiger partial charge in [-0.15, -0.1) is 0 Å². The van der Waals surface area contributed by atoms with E-state index in [2.05, 4.69) is 44.9 Å². The van der Waals surface area contributed by atoms with Crippen molar-refractivity contribution in [1.82, 2.24) is 4.98 Å². The fourth-order valence-corrected chi connectivity index (χ4v) is 4.13. The third-order valence-electron chi connectivity index (χ3n) is 6.02. The van der Waals surface area contributed by atoms with Crippen LogP contribution in [0.5, 0.6) is 0 Å². The summed E-state index contributed by atoms with van der Waals surface area (Å²) in [6, 6.07) is 13.4. The van der Waals surface area contributed by atoms with E-state index in [-0.39, 0.29) is 11.0 Å². The van der Waals surface area contributed by atoms with Crippen molar-refractivity contribution in [1.29, 1.82) is 0 Å². The van der Waals surface area contributed by atoms with E-state index in [9.17, 15) is 9.90 Å². The molecule has 1 aromatic heterocycles. The zero-order valence-electron chi connectivity index (χ0n) is 18.8. The van der Waals surface area contributed by atoms with Gasteiger partial charge in [-0.1, -0.05) is 69.3 Å². The maximum Gasteiger partial charge on any atom is 0.310 e. The van der Waals surface area contributed by atoms with Crippen molar-refractivity contribution < 1.29 is 14.3 Å². The lowest BCUT2D eigenvalue weighted by Crippen LogP contribution is -2.42. The predicted octanol–water partition coefficient (Wildman–Crippen LogP) is 6.38. The molecule has 0 aliphatic rings. The summed E-state index contributed by atoms with van der Waals surface area (Å²) in [5.41, 5.74) is 1.89. The van der Waals surface area contributed by atoms with Crippen LogP contribution >= 0.6 is 0 Å². The SMILES string of the molecule is CC(C)(C)[Si](C)(C)OCC(CC=Cc1cccnc1)CC(C(=O)O)c1ccccc1. The molecule has 1 N–H and O–H groups in total. The zero-order valence-corrected chi connectivity index (χ0v) is 19.8. The van der Waals surface area contributed by atoms with E-state index in [1.807, 2.05) is 54.7 Å². The highest BCUT2D eigenvalue weighted by molar-refractivity contribution is 6.74. The Hall–Kier alpha value is -2.24. The van der Waals surface area contributed by atoms with E-state index < -0.39 is 20.2 Å². The quantitative estimate of drug-likeness (QED) is 0.449. The van der Waals surface area contributed by atoms with Gasteiger partial charge < -0.3 is 9.53 Å². The van der Waals surface area contributed by atoms with Gasteiger partial charge in [0.15, 0.2) is 8.32 Å². The Morgan fingerprint density at radius 2 is 1.87 bits per heavy atom. The standard InChI is InChI=1S/C25H35NO3Si/c1-25(2,3)30(4,5)29-19-21(12-9-11-20-13-10-16-26-18-20)17-23(24(27)28)22-14-7-6-8-15-22/h6-11,13-16,18,21,23H,12,17,19H2,1-5H3,(H,27,28). The zero-order chi connectivity index (χ0) is 22.2. The van der Waals surface area contributed by atoms with Crippen molar-refractivity contribution in [3.05, 3.63) is 72.1 Å². The molecular weight excluding hydrogens is 390 g/mol. The molecule has 0 spiro atoms. The van der Waals surface area contributed by atoms with Crippen molar-refractivity contribution >= 4 is 20.4 Å². The number of hydrogen-bond donors (Lipinski definition) is 1. The van der Waals surface area contributed by atoms with E-state index >= 15 is 0 Å². The van der Waals surface area contributed by atoms with Crippen LogP contribution in [0.3, 0.4) is 0 Å². The minimum absolute atomic E-state index is 0.119. The highest BCUT2D eigenvalue weighted by Crippen LogP contribution is 2.37. The number of aromatic nitrogens is 1. The topological polar surface area (TPSA) is 59.4 Å². The molecule has 0 saturated carbocycles. The van der Waals surface area contributed by atoms with Crippen molar-refractivity contribution in [2.45, 2.75) is 57.7 Å². The third kappa shape index (κ3) is 7.22. The summed E-state index contributed by atoms with van der Waals surface area (Å²) in [5.74, 6) is -1.20. The maximum absolute atomic E-state index is 12.0. The molecule has 1 aromatic carbocycles. The summed E-state index contributed by atoms with van der Waals surface area (Å²) in [7, 11) is -1.91. The molecule has 0 aliphatic carbocycles. The number of nitrogens with zero attached hydrogens (tertiary/aromatic N) is 1. The van der Waals surface area contributed by atoms with Crippen LogP contribution in [0.1, 0.15) is 50.7 Å². The molecule has 0 saturated heterocycles. The molecule has 0 bridgehead atoms. The van der Waals surface area contributed by atoms with Crippen LogP contribution < -0.4 is 0 Å². The van der Waals surface area contributed by atoms with Crippen LogP contribution in [-0.2, 0) is 9.22 Å². The van der Waals surface area contributed by atoms with Gasteiger partial charge in [0.2, 0.25) is 0 Å².